The second-order valence-corrected chi connectivity index (χ2v) is 4.97. The van der Waals surface area contributed by atoms with E-state index >= 15 is 0 Å². The number of carbonyl (C=O) groups is 1. The van der Waals surface area contributed by atoms with Gasteiger partial charge in [-0.25, -0.2) is 4.79 Å². The molecule has 0 fully saturated rings. The number of para-hydroxylation sites is 1. The summed E-state index contributed by atoms with van der Waals surface area (Å²) in [5, 5.41) is 10.8. The minimum Gasteiger partial charge on any atom is -0.458 e. The first kappa shape index (κ1) is 15.1. The molecule has 1 aromatic carbocycles. The van der Waals surface area contributed by atoms with Crippen molar-refractivity contribution in [2.75, 3.05) is 6.61 Å². The molecule has 1 aromatic rings. The topological polar surface area (TPSA) is 78.7 Å². The van der Waals surface area contributed by atoms with Crippen molar-refractivity contribution in [3.8, 4) is 0 Å². The number of carbonyl (C=O) groups excluding carboxylic acids is 1. The van der Waals surface area contributed by atoms with Gasteiger partial charge in [0.2, 0.25) is 0 Å². The number of hydrogen-bond donors (Lipinski definition) is 0. The maximum Gasteiger partial charge on any atom is 0.332 e. The molecule has 6 heteroatoms. The molecule has 6 nitrogen and oxygen atoms in total. The van der Waals surface area contributed by atoms with Gasteiger partial charge in [0, 0.05) is 6.07 Å². The van der Waals surface area contributed by atoms with Crippen molar-refractivity contribution in [1.29, 1.82) is 0 Å². The Labute approximate surface area is 111 Å². The number of benzene rings is 1. The molecule has 0 radical (unpaired) electrons. The van der Waals surface area contributed by atoms with Gasteiger partial charge < -0.3 is 9.47 Å². The summed E-state index contributed by atoms with van der Waals surface area (Å²) in [6, 6.07) is 6.24. The quantitative estimate of drug-likeness (QED) is 0.465. The zero-order chi connectivity index (χ0) is 14.5. The van der Waals surface area contributed by atoms with Crippen molar-refractivity contribution in [1.82, 2.24) is 0 Å². The van der Waals surface area contributed by atoms with E-state index in [0.29, 0.717) is 5.56 Å². The Balaban J connectivity index is 2.50. The van der Waals surface area contributed by atoms with E-state index in [1.807, 2.05) is 0 Å². The average Bonchev–Trinajstić information content (AvgIpc) is 2.27. The minimum atomic E-state index is -0.570. The Hall–Kier alpha value is -1.95. The van der Waals surface area contributed by atoms with E-state index in [0.717, 1.165) is 0 Å². The molecule has 0 bridgehead atoms. The maximum absolute atomic E-state index is 11.4. The Morgan fingerprint density at radius 2 is 1.95 bits per heavy atom. The first-order chi connectivity index (χ1) is 8.79. The van der Waals surface area contributed by atoms with Crippen LogP contribution in [-0.2, 0) is 20.9 Å². The standard InChI is InChI=1S/C13H17NO5/c1-13(2,3)19-12(15)9-18-8-10-6-4-5-7-11(10)14(16)17/h4-7H,8-9H2,1-3H3. The second kappa shape index (κ2) is 6.29. The fourth-order valence-electron chi connectivity index (χ4n) is 1.43. The normalized spacial score (nSPS) is 11.1. The number of rotatable bonds is 5. The van der Waals surface area contributed by atoms with Crippen LogP contribution in [0.15, 0.2) is 24.3 Å². The summed E-state index contributed by atoms with van der Waals surface area (Å²) >= 11 is 0. The fraction of sp³-hybridized carbons (Fsp3) is 0.462. The first-order valence-electron chi connectivity index (χ1n) is 5.81. The van der Waals surface area contributed by atoms with Crippen molar-refractivity contribution >= 4 is 11.7 Å². The van der Waals surface area contributed by atoms with Crippen LogP contribution in [0.4, 0.5) is 5.69 Å². The molecule has 0 spiro atoms. The number of nitro groups is 1. The molecule has 0 N–H and O–H groups in total. The van der Waals surface area contributed by atoms with E-state index in [1.54, 1.807) is 39.0 Å². The molecular weight excluding hydrogens is 250 g/mol. The summed E-state index contributed by atoms with van der Waals surface area (Å²) in [4.78, 5) is 21.7. The molecule has 1 rings (SSSR count). The van der Waals surface area contributed by atoms with Crippen molar-refractivity contribution in [3.05, 3.63) is 39.9 Å². The Morgan fingerprint density at radius 1 is 1.32 bits per heavy atom. The first-order valence-corrected chi connectivity index (χ1v) is 5.81. The third-order valence-corrected chi connectivity index (χ3v) is 2.09. The van der Waals surface area contributed by atoms with Gasteiger partial charge >= 0.3 is 5.97 Å². The maximum atomic E-state index is 11.4. The summed E-state index contributed by atoms with van der Waals surface area (Å²) in [6.07, 6.45) is 0. The molecule has 0 saturated heterocycles. The SMILES string of the molecule is CC(C)(C)OC(=O)COCc1ccccc1[N+](=O)[O-]. The van der Waals surface area contributed by atoms with Gasteiger partial charge in [0.25, 0.3) is 5.69 Å². The van der Waals surface area contributed by atoms with Gasteiger partial charge in [-0.1, -0.05) is 12.1 Å². The average molecular weight is 267 g/mol. The molecule has 0 atom stereocenters. The van der Waals surface area contributed by atoms with Crippen LogP contribution in [0.3, 0.4) is 0 Å². The number of nitro benzene ring substituents is 1. The van der Waals surface area contributed by atoms with Crippen molar-refractivity contribution in [2.24, 2.45) is 0 Å². The number of nitrogens with zero attached hydrogens (tertiary/aromatic N) is 1. The molecule has 104 valence electrons. The van der Waals surface area contributed by atoms with Gasteiger partial charge in [-0.05, 0) is 26.8 Å². The zero-order valence-corrected chi connectivity index (χ0v) is 11.2. The van der Waals surface area contributed by atoms with E-state index in [4.69, 9.17) is 9.47 Å². The Morgan fingerprint density at radius 3 is 2.53 bits per heavy atom. The van der Waals surface area contributed by atoms with Crippen LogP contribution in [0.25, 0.3) is 0 Å². The summed E-state index contributed by atoms with van der Waals surface area (Å²) < 4.78 is 10.2. The van der Waals surface area contributed by atoms with Crippen LogP contribution >= 0.6 is 0 Å². The molecule has 19 heavy (non-hydrogen) atoms. The lowest BCUT2D eigenvalue weighted by atomic mass is 10.2. The monoisotopic (exact) mass is 267 g/mol. The predicted molar refractivity (Wildman–Crippen MR) is 68.6 cm³/mol. The summed E-state index contributed by atoms with van der Waals surface area (Å²) in [6.45, 7) is 5.03. The van der Waals surface area contributed by atoms with Crippen LogP contribution in [0.5, 0.6) is 0 Å². The third-order valence-electron chi connectivity index (χ3n) is 2.09. The molecule has 0 aliphatic carbocycles. The lowest BCUT2D eigenvalue weighted by molar-refractivity contribution is -0.385. The van der Waals surface area contributed by atoms with Crippen LogP contribution in [0.2, 0.25) is 0 Å². The Kier molecular flexibility index (Phi) is 5.00. The minimum absolute atomic E-state index is 0.00358. The van der Waals surface area contributed by atoms with Gasteiger partial charge in [0.05, 0.1) is 17.1 Å². The van der Waals surface area contributed by atoms with Gasteiger partial charge in [-0.3, -0.25) is 10.1 Å². The fourth-order valence-corrected chi connectivity index (χ4v) is 1.43. The summed E-state index contributed by atoms with van der Waals surface area (Å²) in [5.74, 6) is -0.494. The van der Waals surface area contributed by atoms with E-state index in [-0.39, 0.29) is 18.9 Å². The largest absolute Gasteiger partial charge is 0.458 e. The van der Waals surface area contributed by atoms with Gasteiger partial charge in [0.15, 0.2) is 0 Å². The van der Waals surface area contributed by atoms with Gasteiger partial charge in [-0.2, -0.15) is 0 Å². The van der Waals surface area contributed by atoms with Crippen molar-refractivity contribution in [3.63, 3.8) is 0 Å². The Bertz CT molecular complexity index is 464. The highest BCUT2D eigenvalue weighted by molar-refractivity contribution is 5.71. The zero-order valence-electron chi connectivity index (χ0n) is 11.2. The highest BCUT2D eigenvalue weighted by Crippen LogP contribution is 2.18. The van der Waals surface area contributed by atoms with E-state index in [1.165, 1.54) is 6.07 Å². The highest BCUT2D eigenvalue weighted by Gasteiger charge is 2.17. The van der Waals surface area contributed by atoms with Crippen molar-refractivity contribution in [2.45, 2.75) is 33.0 Å². The van der Waals surface area contributed by atoms with Gasteiger partial charge in [-0.15, -0.1) is 0 Å². The number of hydrogen-bond acceptors (Lipinski definition) is 5. The smallest absolute Gasteiger partial charge is 0.332 e. The molecule has 0 saturated carbocycles. The number of esters is 1. The molecule has 0 heterocycles. The lowest BCUT2D eigenvalue weighted by Crippen LogP contribution is -2.26. The third kappa shape index (κ3) is 5.48. The lowest BCUT2D eigenvalue weighted by Gasteiger charge is -2.19. The van der Waals surface area contributed by atoms with E-state index in [2.05, 4.69) is 0 Å². The van der Waals surface area contributed by atoms with Crippen LogP contribution in [0.1, 0.15) is 26.3 Å². The van der Waals surface area contributed by atoms with E-state index < -0.39 is 16.5 Å². The van der Waals surface area contributed by atoms with Crippen LogP contribution < -0.4 is 0 Å². The molecule has 0 aliphatic heterocycles. The highest BCUT2D eigenvalue weighted by atomic mass is 16.6. The summed E-state index contributed by atoms with van der Waals surface area (Å²) in [5.41, 5.74) is -0.165. The summed E-state index contributed by atoms with van der Waals surface area (Å²) in [7, 11) is 0. The van der Waals surface area contributed by atoms with Crippen LogP contribution in [-0.4, -0.2) is 23.1 Å². The van der Waals surface area contributed by atoms with Gasteiger partial charge in [0.1, 0.15) is 12.2 Å². The van der Waals surface area contributed by atoms with E-state index in [9.17, 15) is 14.9 Å². The predicted octanol–water partition coefficient (Wildman–Crippen LogP) is 2.45. The second-order valence-electron chi connectivity index (χ2n) is 4.97. The van der Waals surface area contributed by atoms with Crippen LogP contribution in [0, 0.1) is 10.1 Å². The number of ether oxygens (including phenoxy) is 2. The molecule has 0 aromatic heterocycles. The molecule has 0 unspecified atom stereocenters. The molecular formula is C13H17NO5. The van der Waals surface area contributed by atoms with Crippen molar-refractivity contribution < 1.29 is 19.2 Å². The molecule has 0 aliphatic rings. The molecule has 0 amide bonds.